The Hall–Kier alpha value is -2.91. The molecule has 8 nitrogen and oxygen atoms in total. The lowest BCUT2D eigenvalue weighted by atomic mass is 9.88. The monoisotopic (exact) mass is 481 g/mol. The van der Waals surface area contributed by atoms with Crippen LogP contribution in [0.15, 0.2) is 24.5 Å². The number of hydrogen-bond donors (Lipinski definition) is 3. The van der Waals surface area contributed by atoms with Gasteiger partial charge in [-0.3, -0.25) is 0 Å². The second kappa shape index (κ2) is 8.14. The number of aromatic amines is 1. The molecule has 4 N–H and O–H groups in total. The fourth-order valence-electron chi connectivity index (χ4n) is 4.04. The van der Waals surface area contributed by atoms with Crippen molar-refractivity contribution in [3.8, 4) is 11.3 Å². The molecule has 1 fully saturated rings. The summed E-state index contributed by atoms with van der Waals surface area (Å²) in [5.74, 6) is -0.623. The van der Waals surface area contributed by atoms with Gasteiger partial charge >= 0.3 is 12.1 Å². The second-order valence-corrected chi connectivity index (χ2v) is 11.6. The van der Waals surface area contributed by atoms with Crippen LogP contribution in [0.3, 0.4) is 0 Å². The lowest BCUT2D eigenvalue weighted by molar-refractivity contribution is -0.137. The molecule has 4 rings (SSSR count). The number of nitrogens with one attached hydrogen (secondary N) is 2. The van der Waals surface area contributed by atoms with E-state index in [4.69, 9.17) is 10.5 Å². The van der Waals surface area contributed by atoms with E-state index in [9.17, 15) is 22.5 Å². The van der Waals surface area contributed by atoms with E-state index in [0.717, 1.165) is 6.20 Å². The van der Waals surface area contributed by atoms with Crippen LogP contribution in [0.4, 0.5) is 19.1 Å². The maximum absolute atomic E-state index is 13.8. The zero-order valence-electron chi connectivity index (χ0n) is 18.2. The first kappa shape index (κ1) is 23.3. The zero-order chi connectivity index (χ0) is 24.1. The molecule has 1 saturated carbocycles. The highest BCUT2D eigenvalue weighted by Gasteiger charge is 2.37. The first-order chi connectivity index (χ1) is 15.4. The molecule has 33 heavy (non-hydrogen) atoms. The number of rotatable bonds is 5. The van der Waals surface area contributed by atoms with E-state index in [1.807, 2.05) is 0 Å². The number of ether oxygens (including phenoxy) is 1. The van der Waals surface area contributed by atoms with Gasteiger partial charge in [0.05, 0.1) is 23.9 Å². The third kappa shape index (κ3) is 4.35. The van der Waals surface area contributed by atoms with Gasteiger partial charge in [-0.15, -0.1) is 0 Å². The number of nitrogens with zero attached hydrogens (tertiary/aromatic N) is 2. The van der Waals surface area contributed by atoms with Crippen LogP contribution in [-0.4, -0.2) is 53.4 Å². The van der Waals surface area contributed by atoms with Gasteiger partial charge in [0.2, 0.25) is 5.95 Å². The van der Waals surface area contributed by atoms with Crippen LogP contribution in [0.5, 0.6) is 0 Å². The molecule has 0 radical (unpaired) electrons. The summed E-state index contributed by atoms with van der Waals surface area (Å²) in [4.78, 5) is 23.2. The summed E-state index contributed by atoms with van der Waals surface area (Å²) in [6.45, 7) is 2.96. The van der Waals surface area contributed by atoms with Crippen molar-refractivity contribution in [3.63, 3.8) is 0 Å². The van der Waals surface area contributed by atoms with Gasteiger partial charge in [0.25, 0.3) is 0 Å². The summed E-state index contributed by atoms with van der Waals surface area (Å²) < 4.78 is 59.3. The lowest BCUT2D eigenvalue weighted by Gasteiger charge is -2.33. The minimum atomic E-state index is -4.70. The van der Waals surface area contributed by atoms with Gasteiger partial charge in [0, 0.05) is 40.7 Å². The molecule has 1 aliphatic carbocycles. The third-order valence-electron chi connectivity index (χ3n) is 5.63. The van der Waals surface area contributed by atoms with Crippen molar-refractivity contribution < 1.29 is 27.3 Å². The number of nitrogens with two attached hydrogens (primary N) is 1. The van der Waals surface area contributed by atoms with E-state index < -0.39 is 24.9 Å². The Morgan fingerprint density at radius 3 is 2.58 bits per heavy atom. The number of carbonyl (C=O) groups is 1. The number of H-pyrrole nitrogens is 1. The Bertz CT molecular complexity index is 1280. The summed E-state index contributed by atoms with van der Waals surface area (Å²) in [6.07, 6.45) is -1.23. The highest BCUT2D eigenvalue weighted by atomic mass is 31.2. The van der Waals surface area contributed by atoms with Crippen LogP contribution >= 0.6 is 7.14 Å². The van der Waals surface area contributed by atoms with Crippen LogP contribution in [0.25, 0.3) is 22.2 Å². The number of carbonyl (C=O) groups excluding carboxylic acids is 1. The smallest absolute Gasteiger partial charge is 0.419 e. The number of anilines is 1. The van der Waals surface area contributed by atoms with Crippen molar-refractivity contribution in [2.45, 2.75) is 31.1 Å². The standard InChI is InChI=1S/C21H23F3N5O3P/c1-32-19(30)13-5-4-12-14(8-26-17(12)18(13)33(2,3)31)16-15(21(22,23)24)9-27-20(29-16)28-11-6-10(25)7-11/h4-5,8-11,26H,6-7,25H2,1-3H3,(H,27,28,29). The van der Waals surface area contributed by atoms with E-state index in [2.05, 4.69) is 20.3 Å². The number of halogens is 3. The van der Waals surface area contributed by atoms with Gasteiger partial charge < -0.3 is 25.3 Å². The number of methoxy groups -OCH3 is 1. The molecule has 0 amide bonds. The van der Waals surface area contributed by atoms with Crippen molar-refractivity contribution in [3.05, 3.63) is 35.7 Å². The Kier molecular flexibility index (Phi) is 5.74. The minimum absolute atomic E-state index is 0.00663. The molecule has 176 valence electrons. The summed E-state index contributed by atoms with van der Waals surface area (Å²) >= 11 is 0. The minimum Gasteiger partial charge on any atom is -0.465 e. The first-order valence-electron chi connectivity index (χ1n) is 10.1. The predicted molar refractivity (Wildman–Crippen MR) is 119 cm³/mol. The summed E-state index contributed by atoms with van der Waals surface area (Å²) in [7, 11) is -1.83. The molecule has 1 aromatic carbocycles. The Morgan fingerprint density at radius 1 is 1.30 bits per heavy atom. The highest BCUT2D eigenvalue weighted by Crippen LogP contribution is 2.43. The maximum Gasteiger partial charge on any atom is 0.419 e. The second-order valence-electron chi connectivity index (χ2n) is 8.46. The van der Waals surface area contributed by atoms with Crippen LogP contribution in [-0.2, 0) is 15.5 Å². The van der Waals surface area contributed by atoms with Crippen LogP contribution in [0, 0.1) is 0 Å². The van der Waals surface area contributed by atoms with E-state index in [1.54, 1.807) is 0 Å². The Balaban J connectivity index is 1.91. The fourth-order valence-corrected chi connectivity index (χ4v) is 5.51. The zero-order valence-corrected chi connectivity index (χ0v) is 19.1. The van der Waals surface area contributed by atoms with Crippen molar-refractivity contribution in [2.75, 3.05) is 25.8 Å². The van der Waals surface area contributed by atoms with Gasteiger partial charge in [0.15, 0.2) is 0 Å². The van der Waals surface area contributed by atoms with Crippen molar-refractivity contribution >= 4 is 35.3 Å². The Morgan fingerprint density at radius 2 is 2.00 bits per heavy atom. The molecular formula is C21H23F3N5O3P. The van der Waals surface area contributed by atoms with Crippen LogP contribution in [0.1, 0.15) is 28.8 Å². The van der Waals surface area contributed by atoms with Crippen molar-refractivity contribution in [1.29, 1.82) is 0 Å². The lowest BCUT2D eigenvalue weighted by Crippen LogP contribution is -2.44. The molecule has 1 aliphatic rings. The van der Waals surface area contributed by atoms with Gasteiger partial charge in [-0.2, -0.15) is 13.2 Å². The number of aromatic nitrogens is 3. The SMILES string of the molecule is COC(=O)c1ccc2c(-c3nc(NC4CC(N)C4)ncc3C(F)(F)F)c[nH]c2c1P(C)(C)=O. The van der Waals surface area contributed by atoms with Crippen molar-refractivity contribution in [2.24, 2.45) is 5.73 Å². The maximum atomic E-state index is 13.8. The van der Waals surface area contributed by atoms with E-state index in [1.165, 1.54) is 38.8 Å². The third-order valence-corrected chi connectivity index (χ3v) is 7.17. The van der Waals surface area contributed by atoms with E-state index in [-0.39, 0.29) is 40.2 Å². The van der Waals surface area contributed by atoms with Gasteiger partial charge in [0.1, 0.15) is 12.7 Å². The fraction of sp³-hybridized carbons (Fsp3) is 0.381. The average Bonchev–Trinajstić information content (AvgIpc) is 3.13. The topological polar surface area (TPSA) is 123 Å². The molecular weight excluding hydrogens is 458 g/mol. The number of alkyl halides is 3. The molecule has 0 bridgehead atoms. The molecule has 0 unspecified atom stereocenters. The van der Waals surface area contributed by atoms with E-state index in [0.29, 0.717) is 23.7 Å². The highest BCUT2D eigenvalue weighted by molar-refractivity contribution is 7.70. The molecule has 12 heteroatoms. The van der Waals surface area contributed by atoms with Crippen molar-refractivity contribution in [1.82, 2.24) is 15.0 Å². The number of fused-ring (bicyclic) bond motifs is 1. The quantitative estimate of drug-likeness (QED) is 0.376. The first-order valence-corrected chi connectivity index (χ1v) is 12.7. The van der Waals surface area contributed by atoms with Gasteiger partial charge in [-0.1, -0.05) is 6.07 Å². The number of hydrogen-bond acceptors (Lipinski definition) is 7. The Labute approximate surface area is 187 Å². The summed E-state index contributed by atoms with van der Waals surface area (Å²) in [6, 6.07) is 2.94. The molecule has 3 aromatic rings. The molecule has 2 heterocycles. The van der Waals surface area contributed by atoms with Gasteiger partial charge in [-0.05, 0) is 32.2 Å². The molecule has 0 saturated heterocycles. The number of esters is 1. The summed E-state index contributed by atoms with van der Waals surface area (Å²) in [5, 5.41) is 3.58. The summed E-state index contributed by atoms with van der Waals surface area (Å²) in [5.41, 5.74) is 4.99. The predicted octanol–water partition coefficient (Wildman–Crippen LogP) is 3.58. The largest absolute Gasteiger partial charge is 0.465 e. The van der Waals surface area contributed by atoms with Gasteiger partial charge in [-0.25, -0.2) is 14.8 Å². The molecule has 0 atom stereocenters. The average molecular weight is 481 g/mol. The molecule has 2 aromatic heterocycles. The van der Waals surface area contributed by atoms with Crippen LogP contribution < -0.4 is 16.4 Å². The van der Waals surface area contributed by atoms with E-state index >= 15 is 0 Å². The normalized spacial score (nSPS) is 18.8. The van der Waals surface area contributed by atoms with Crippen LogP contribution in [0.2, 0.25) is 0 Å². The molecule has 0 spiro atoms. The molecule has 0 aliphatic heterocycles. The number of benzene rings is 1.